The number of aliphatic imine (C=N–C) groups is 1. The topological polar surface area (TPSA) is 130 Å². The first kappa shape index (κ1) is 19.8. The van der Waals surface area contributed by atoms with Crippen LogP contribution in [-0.2, 0) is 6.42 Å². The van der Waals surface area contributed by atoms with Crippen molar-refractivity contribution in [1.29, 1.82) is 5.41 Å². The lowest BCUT2D eigenvalue weighted by Crippen LogP contribution is -2.19. The van der Waals surface area contributed by atoms with Gasteiger partial charge in [-0.15, -0.1) is 0 Å². The molecule has 0 amide bonds. The number of Topliss-reactive ketones (excluding diaryl/α,β-unsaturated/α-hetero) is 1. The number of rotatable bonds is 9. The second-order valence-corrected chi connectivity index (χ2v) is 6.12. The third-order valence-corrected chi connectivity index (χ3v) is 3.94. The van der Waals surface area contributed by atoms with Crippen LogP contribution in [0.15, 0.2) is 59.9 Å². The summed E-state index contributed by atoms with van der Waals surface area (Å²) in [5, 5.41) is 10.0. The minimum Gasteiger partial charge on any atom is -0.399 e. The van der Waals surface area contributed by atoms with Crippen molar-refractivity contribution in [3.63, 3.8) is 0 Å². The van der Waals surface area contributed by atoms with Crippen LogP contribution in [-0.4, -0.2) is 29.5 Å². The van der Waals surface area contributed by atoms with E-state index in [4.69, 9.17) is 16.9 Å². The molecule has 2 aromatic rings. The molecule has 0 fully saturated rings. The van der Waals surface area contributed by atoms with Gasteiger partial charge in [-0.2, -0.15) is 0 Å². The van der Waals surface area contributed by atoms with Gasteiger partial charge in [0, 0.05) is 17.4 Å². The fourth-order valence-electron chi connectivity index (χ4n) is 2.50. The zero-order valence-corrected chi connectivity index (χ0v) is 15.2. The Morgan fingerprint density at radius 2 is 2.19 bits per heavy atom. The Morgan fingerprint density at radius 1 is 1.37 bits per heavy atom. The molecule has 7 nitrogen and oxygen atoms in total. The number of nitrogen functional groups attached to an aromatic ring is 1. The number of ketones is 1. The van der Waals surface area contributed by atoms with E-state index in [1.165, 1.54) is 0 Å². The fourth-order valence-corrected chi connectivity index (χ4v) is 2.50. The summed E-state index contributed by atoms with van der Waals surface area (Å²) in [6, 6.07) is 10.7. The summed E-state index contributed by atoms with van der Waals surface area (Å²) < 4.78 is 0. The maximum atomic E-state index is 12.0. The number of amidine groups is 1. The highest BCUT2D eigenvalue weighted by atomic mass is 16.1. The highest BCUT2D eigenvalue weighted by Crippen LogP contribution is 2.19. The molecule has 2 rings (SSSR count). The molecular formula is C20H24N6O. The van der Waals surface area contributed by atoms with Crippen molar-refractivity contribution in [3.05, 3.63) is 71.7 Å². The molecule has 1 aromatic carbocycles. The number of carbonyl (C=O) groups is 1. The van der Waals surface area contributed by atoms with Crippen LogP contribution < -0.4 is 16.8 Å². The number of allylic oxidation sites excluding steroid dienone is 1. The van der Waals surface area contributed by atoms with Crippen LogP contribution in [0.25, 0.3) is 0 Å². The number of pyridine rings is 1. The first-order valence-corrected chi connectivity index (χ1v) is 8.56. The highest BCUT2D eigenvalue weighted by Gasteiger charge is 2.08. The van der Waals surface area contributed by atoms with Gasteiger partial charge in [0.15, 0.2) is 5.78 Å². The molecule has 0 bridgehead atoms. The standard InChI is InChI=1S/C20H24N6O/c1-14(7-9-24-12-19(27)18-4-2-3-8-25-18)10-16-11-15(5-6-17(16)22)20(23)26-13-21/h2-9,11,13-14,24H,10,12,22H2,1H3,(H3,21,23,26)/b9-7+. The Balaban J connectivity index is 1.91. The quantitative estimate of drug-likeness (QED) is 0.234. The van der Waals surface area contributed by atoms with Crippen LogP contribution in [0.4, 0.5) is 5.69 Å². The molecule has 0 saturated carbocycles. The average Bonchev–Trinajstić information content (AvgIpc) is 2.67. The predicted octanol–water partition coefficient (Wildman–Crippen LogP) is 2.14. The van der Waals surface area contributed by atoms with E-state index in [2.05, 4.69) is 22.2 Å². The molecule has 0 aliphatic rings. The summed E-state index contributed by atoms with van der Waals surface area (Å²) in [4.78, 5) is 19.8. The van der Waals surface area contributed by atoms with E-state index in [0.29, 0.717) is 17.8 Å². The van der Waals surface area contributed by atoms with Crippen LogP contribution in [0, 0.1) is 11.3 Å². The number of aromatic nitrogens is 1. The molecule has 27 heavy (non-hydrogen) atoms. The van der Waals surface area contributed by atoms with E-state index in [0.717, 1.165) is 17.5 Å². The first-order chi connectivity index (χ1) is 13.0. The van der Waals surface area contributed by atoms with E-state index < -0.39 is 0 Å². The number of nitrogens with zero attached hydrogens (tertiary/aromatic N) is 2. The number of hydrogen-bond donors (Lipinski definition) is 4. The van der Waals surface area contributed by atoms with Gasteiger partial charge >= 0.3 is 0 Å². The van der Waals surface area contributed by atoms with Crippen LogP contribution in [0.3, 0.4) is 0 Å². The Hall–Kier alpha value is -3.48. The molecule has 0 spiro atoms. The van der Waals surface area contributed by atoms with Crippen LogP contribution in [0.2, 0.25) is 0 Å². The van der Waals surface area contributed by atoms with Gasteiger partial charge in [0.1, 0.15) is 17.9 Å². The molecule has 0 radical (unpaired) electrons. The van der Waals surface area contributed by atoms with E-state index in [1.807, 2.05) is 12.1 Å². The van der Waals surface area contributed by atoms with Gasteiger partial charge in [0.05, 0.1) is 6.54 Å². The van der Waals surface area contributed by atoms with E-state index >= 15 is 0 Å². The van der Waals surface area contributed by atoms with Crippen molar-refractivity contribution < 1.29 is 4.79 Å². The maximum absolute atomic E-state index is 12.0. The van der Waals surface area contributed by atoms with Crippen molar-refractivity contribution in [2.45, 2.75) is 13.3 Å². The van der Waals surface area contributed by atoms with Crippen LogP contribution in [0.5, 0.6) is 0 Å². The molecule has 0 aliphatic carbocycles. The predicted molar refractivity (Wildman–Crippen MR) is 109 cm³/mol. The van der Waals surface area contributed by atoms with E-state index in [9.17, 15) is 4.79 Å². The van der Waals surface area contributed by atoms with Gasteiger partial charge in [-0.05, 0) is 54.4 Å². The minimum atomic E-state index is -0.0641. The van der Waals surface area contributed by atoms with Crippen molar-refractivity contribution in [2.24, 2.45) is 16.6 Å². The maximum Gasteiger partial charge on any atom is 0.200 e. The lowest BCUT2D eigenvalue weighted by Gasteiger charge is -2.11. The second kappa shape index (κ2) is 9.86. The minimum absolute atomic E-state index is 0.0641. The monoisotopic (exact) mass is 364 g/mol. The molecule has 0 aliphatic heterocycles. The zero-order valence-electron chi connectivity index (χ0n) is 15.2. The summed E-state index contributed by atoms with van der Waals surface area (Å²) in [6.45, 7) is 2.24. The van der Waals surface area contributed by atoms with Crippen molar-refractivity contribution in [1.82, 2.24) is 10.3 Å². The number of benzene rings is 1. The smallest absolute Gasteiger partial charge is 0.200 e. The molecule has 140 valence electrons. The number of carbonyl (C=O) groups excluding carboxylic acids is 1. The molecule has 6 N–H and O–H groups in total. The Labute approximate surface area is 158 Å². The third kappa shape index (κ3) is 6.07. The largest absolute Gasteiger partial charge is 0.399 e. The Bertz CT molecular complexity index is 845. The summed E-state index contributed by atoms with van der Waals surface area (Å²) in [7, 11) is 0. The molecular weight excluding hydrogens is 340 g/mol. The molecule has 0 saturated heterocycles. The number of hydrogen-bond acceptors (Lipinski definition) is 5. The molecule has 1 unspecified atom stereocenters. The highest BCUT2D eigenvalue weighted by molar-refractivity contribution is 6.01. The van der Waals surface area contributed by atoms with E-state index in [-0.39, 0.29) is 24.1 Å². The first-order valence-electron chi connectivity index (χ1n) is 8.56. The van der Waals surface area contributed by atoms with Gasteiger partial charge < -0.3 is 16.8 Å². The molecule has 7 heteroatoms. The fraction of sp³-hybridized carbons (Fsp3) is 0.200. The number of anilines is 1. The SMILES string of the molecule is CC(/C=C/NCC(=O)c1ccccn1)Cc1cc(C(N)=NC=N)ccc1N. The van der Waals surface area contributed by atoms with Crippen molar-refractivity contribution in [3.8, 4) is 0 Å². The molecule has 1 heterocycles. The Kier molecular flexibility index (Phi) is 7.25. The number of nitrogens with two attached hydrogens (primary N) is 2. The summed E-state index contributed by atoms with van der Waals surface area (Å²) in [5.41, 5.74) is 14.7. The normalized spacial score (nSPS) is 12.7. The third-order valence-electron chi connectivity index (χ3n) is 3.94. The lowest BCUT2D eigenvalue weighted by atomic mass is 9.97. The Morgan fingerprint density at radius 3 is 2.89 bits per heavy atom. The van der Waals surface area contributed by atoms with Gasteiger partial charge in [-0.3, -0.25) is 15.2 Å². The van der Waals surface area contributed by atoms with Crippen LogP contribution in [0.1, 0.15) is 28.5 Å². The van der Waals surface area contributed by atoms with Gasteiger partial charge in [0.2, 0.25) is 0 Å². The van der Waals surface area contributed by atoms with Crippen molar-refractivity contribution in [2.75, 3.05) is 12.3 Å². The van der Waals surface area contributed by atoms with Gasteiger partial charge in [0.25, 0.3) is 0 Å². The van der Waals surface area contributed by atoms with Crippen LogP contribution >= 0.6 is 0 Å². The second-order valence-electron chi connectivity index (χ2n) is 6.12. The molecule has 1 atom stereocenters. The zero-order chi connectivity index (χ0) is 19.6. The molecule has 1 aromatic heterocycles. The number of nitrogens with one attached hydrogen (secondary N) is 2. The van der Waals surface area contributed by atoms with Gasteiger partial charge in [-0.1, -0.05) is 19.1 Å². The summed E-state index contributed by atoms with van der Waals surface area (Å²) in [6.07, 6.45) is 6.98. The average molecular weight is 364 g/mol. The van der Waals surface area contributed by atoms with Crippen molar-refractivity contribution >= 4 is 23.6 Å². The lowest BCUT2D eigenvalue weighted by molar-refractivity contribution is 0.0990. The summed E-state index contributed by atoms with van der Waals surface area (Å²) in [5.74, 6) is 0.413. The summed E-state index contributed by atoms with van der Waals surface area (Å²) >= 11 is 0. The van der Waals surface area contributed by atoms with E-state index in [1.54, 1.807) is 42.7 Å². The van der Waals surface area contributed by atoms with Gasteiger partial charge in [-0.25, -0.2) is 4.99 Å².